The number of rotatable bonds is 4. The van der Waals surface area contributed by atoms with Crippen molar-refractivity contribution >= 4 is 39.0 Å². The van der Waals surface area contributed by atoms with Gasteiger partial charge in [0.15, 0.2) is 5.82 Å². The number of nitrogens with zero attached hydrogens (tertiary/aromatic N) is 2. The number of H-pyrrole nitrogens is 1. The van der Waals surface area contributed by atoms with Crippen LogP contribution in [0.2, 0.25) is 0 Å². The highest BCUT2D eigenvalue weighted by Gasteiger charge is 2.11. The number of fused-ring (bicyclic) bond motifs is 1. The van der Waals surface area contributed by atoms with Crippen LogP contribution in [0, 0.1) is 0 Å². The lowest BCUT2D eigenvalue weighted by Gasteiger charge is -1.93. The molecule has 4 nitrogen and oxygen atoms in total. The van der Waals surface area contributed by atoms with E-state index < -0.39 is 0 Å². The maximum Gasteiger partial charge on any atom is 0.209 e. The topological polar surface area (TPSA) is 58.6 Å². The third kappa shape index (κ3) is 2.54. The van der Waals surface area contributed by atoms with Crippen molar-refractivity contribution < 1.29 is 4.79 Å². The molecule has 0 fully saturated rings. The summed E-state index contributed by atoms with van der Waals surface area (Å²) in [7, 11) is 0. The Kier molecular flexibility index (Phi) is 3.35. The minimum absolute atomic E-state index is 0.123. The Bertz CT molecular complexity index is 732. The zero-order chi connectivity index (χ0) is 13.2. The maximum absolute atomic E-state index is 10.9. The van der Waals surface area contributed by atoms with Crippen LogP contribution in [0.25, 0.3) is 21.5 Å². The molecule has 0 atom stereocenters. The Balaban J connectivity index is 1.92. The monoisotopic (exact) mass is 289 g/mol. The van der Waals surface area contributed by atoms with E-state index in [4.69, 9.17) is 0 Å². The number of Topliss-reactive ketones (excluding diaryl/α,β-unsaturated/α-hetero) is 1. The number of carbonyl (C=O) groups is 1. The van der Waals surface area contributed by atoms with Crippen LogP contribution in [-0.4, -0.2) is 26.7 Å². The average Bonchev–Trinajstić information content (AvgIpc) is 3.02. The summed E-state index contributed by atoms with van der Waals surface area (Å²) in [6.45, 7) is 1.56. The third-order valence-electron chi connectivity index (χ3n) is 2.61. The van der Waals surface area contributed by atoms with E-state index in [1.54, 1.807) is 18.3 Å². The molecule has 0 unspecified atom stereocenters. The Morgan fingerprint density at radius 1 is 1.42 bits per heavy atom. The van der Waals surface area contributed by atoms with Crippen molar-refractivity contribution in [3.05, 3.63) is 29.6 Å². The molecule has 6 heteroatoms. The molecule has 2 heterocycles. The molecule has 1 N–H and O–H groups in total. The molecule has 0 bridgehead atoms. The maximum atomic E-state index is 10.9. The molecule has 0 radical (unpaired) electrons. The fourth-order valence-electron chi connectivity index (χ4n) is 1.76. The summed E-state index contributed by atoms with van der Waals surface area (Å²) >= 11 is 3.04. The van der Waals surface area contributed by atoms with Crippen molar-refractivity contribution in [2.45, 2.75) is 12.1 Å². The average molecular weight is 289 g/mol. The van der Waals surface area contributed by atoms with E-state index >= 15 is 0 Å². The molecule has 2 aromatic heterocycles. The van der Waals surface area contributed by atoms with Crippen LogP contribution < -0.4 is 0 Å². The first kappa shape index (κ1) is 12.4. The molecule has 1 aromatic carbocycles. The number of hydrogen-bond acceptors (Lipinski definition) is 5. The van der Waals surface area contributed by atoms with E-state index in [1.807, 2.05) is 12.1 Å². The standard InChI is InChI=1S/C13H11N3OS2/c1-8(17)6-19-13-14-12(15-16-13)10-7-18-11-5-3-2-4-9(10)11/h2-5,7H,6H2,1H3,(H,14,15,16). The molecular weight excluding hydrogens is 278 g/mol. The van der Waals surface area contributed by atoms with Crippen LogP contribution in [0.1, 0.15) is 6.92 Å². The second kappa shape index (κ2) is 5.14. The second-order valence-corrected chi connectivity index (χ2v) is 5.96. The van der Waals surface area contributed by atoms with E-state index in [2.05, 4.69) is 32.7 Å². The molecule has 19 heavy (non-hydrogen) atoms. The Morgan fingerprint density at radius 3 is 3.11 bits per heavy atom. The van der Waals surface area contributed by atoms with Crippen molar-refractivity contribution in [1.29, 1.82) is 0 Å². The fraction of sp³-hybridized carbons (Fsp3) is 0.154. The van der Waals surface area contributed by atoms with E-state index in [1.165, 1.54) is 21.8 Å². The third-order valence-corrected chi connectivity index (χ3v) is 4.56. The molecule has 0 saturated carbocycles. The second-order valence-electron chi connectivity index (χ2n) is 4.10. The van der Waals surface area contributed by atoms with Crippen LogP contribution >= 0.6 is 23.1 Å². The number of nitrogens with one attached hydrogen (secondary N) is 1. The van der Waals surface area contributed by atoms with Gasteiger partial charge in [0.1, 0.15) is 5.78 Å². The van der Waals surface area contributed by atoms with Crippen molar-refractivity contribution in [3.8, 4) is 11.4 Å². The van der Waals surface area contributed by atoms with Crippen molar-refractivity contribution in [1.82, 2.24) is 15.2 Å². The van der Waals surface area contributed by atoms with Gasteiger partial charge in [-0.3, -0.25) is 9.89 Å². The van der Waals surface area contributed by atoms with Gasteiger partial charge in [-0.25, -0.2) is 4.98 Å². The largest absolute Gasteiger partial charge is 0.299 e. The summed E-state index contributed by atoms with van der Waals surface area (Å²) < 4.78 is 1.23. The predicted octanol–water partition coefficient (Wildman–Crippen LogP) is 3.37. The molecule has 0 aliphatic carbocycles. The first-order chi connectivity index (χ1) is 9.24. The van der Waals surface area contributed by atoms with Gasteiger partial charge in [0, 0.05) is 21.0 Å². The molecule has 3 rings (SSSR count). The Labute approximate surface area is 118 Å². The minimum atomic E-state index is 0.123. The quantitative estimate of drug-likeness (QED) is 0.748. The van der Waals surface area contributed by atoms with Gasteiger partial charge in [-0.05, 0) is 13.0 Å². The van der Waals surface area contributed by atoms with Gasteiger partial charge in [0.05, 0.1) is 5.75 Å². The number of ketones is 1. The Hall–Kier alpha value is -1.66. The highest BCUT2D eigenvalue weighted by atomic mass is 32.2. The van der Waals surface area contributed by atoms with Gasteiger partial charge in [0.25, 0.3) is 0 Å². The van der Waals surface area contributed by atoms with Crippen molar-refractivity contribution in [2.24, 2.45) is 0 Å². The van der Waals surface area contributed by atoms with Crippen LogP contribution in [0.4, 0.5) is 0 Å². The predicted molar refractivity (Wildman–Crippen MR) is 78.6 cm³/mol. The highest BCUT2D eigenvalue weighted by Crippen LogP contribution is 2.32. The molecule has 96 valence electrons. The van der Waals surface area contributed by atoms with E-state index in [0.29, 0.717) is 10.9 Å². The summed E-state index contributed by atoms with van der Waals surface area (Å²) in [5.74, 6) is 1.28. The molecule has 0 aliphatic heterocycles. The van der Waals surface area contributed by atoms with E-state index in [9.17, 15) is 4.79 Å². The van der Waals surface area contributed by atoms with E-state index in [0.717, 1.165) is 11.4 Å². The summed E-state index contributed by atoms with van der Waals surface area (Å²) in [6, 6.07) is 8.20. The number of thiophene rings is 1. The lowest BCUT2D eigenvalue weighted by molar-refractivity contribution is -0.114. The van der Waals surface area contributed by atoms with Crippen molar-refractivity contribution in [2.75, 3.05) is 5.75 Å². The molecule has 3 aromatic rings. The number of hydrogen-bond donors (Lipinski definition) is 1. The van der Waals surface area contributed by atoms with Gasteiger partial charge >= 0.3 is 0 Å². The Morgan fingerprint density at radius 2 is 2.26 bits per heavy atom. The first-order valence-electron chi connectivity index (χ1n) is 5.75. The van der Waals surface area contributed by atoms with Crippen LogP contribution in [0.15, 0.2) is 34.8 Å². The number of aromatic nitrogens is 3. The highest BCUT2D eigenvalue weighted by molar-refractivity contribution is 7.99. The molecule has 0 spiro atoms. The summed E-state index contributed by atoms with van der Waals surface area (Å²) in [6.07, 6.45) is 0. The first-order valence-corrected chi connectivity index (χ1v) is 7.62. The lowest BCUT2D eigenvalue weighted by Crippen LogP contribution is -1.93. The number of benzene rings is 1. The fourth-order valence-corrected chi connectivity index (χ4v) is 3.30. The normalized spacial score (nSPS) is 11.0. The van der Waals surface area contributed by atoms with E-state index in [-0.39, 0.29) is 5.78 Å². The summed E-state index contributed by atoms with van der Waals surface area (Å²) in [4.78, 5) is 15.4. The SMILES string of the molecule is CC(=O)CSc1n[nH]c(-c2csc3ccccc23)n1. The number of carbonyl (C=O) groups excluding carboxylic acids is 1. The van der Waals surface area contributed by atoms with Gasteiger partial charge in [-0.2, -0.15) is 0 Å². The van der Waals surface area contributed by atoms with Crippen molar-refractivity contribution in [3.63, 3.8) is 0 Å². The lowest BCUT2D eigenvalue weighted by atomic mass is 10.2. The van der Waals surface area contributed by atoms with Gasteiger partial charge in [-0.1, -0.05) is 30.0 Å². The molecule has 0 amide bonds. The zero-order valence-electron chi connectivity index (χ0n) is 10.2. The smallest absolute Gasteiger partial charge is 0.209 e. The summed E-state index contributed by atoms with van der Waals surface area (Å²) in [5.41, 5.74) is 1.06. The number of thioether (sulfide) groups is 1. The molecule has 0 saturated heterocycles. The van der Waals surface area contributed by atoms with Crippen LogP contribution in [0.3, 0.4) is 0 Å². The van der Waals surface area contributed by atoms with Crippen LogP contribution in [-0.2, 0) is 4.79 Å². The molecule has 0 aliphatic rings. The zero-order valence-corrected chi connectivity index (χ0v) is 11.8. The molecular formula is C13H11N3OS2. The summed E-state index contributed by atoms with van der Waals surface area (Å²) in [5, 5.41) is 10.9. The number of aromatic amines is 1. The van der Waals surface area contributed by atoms with Crippen LogP contribution in [0.5, 0.6) is 0 Å². The van der Waals surface area contributed by atoms with Gasteiger partial charge in [-0.15, -0.1) is 16.4 Å². The van der Waals surface area contributed by atoms with Gasteiger partial charge in [0.2, 0.25) is 5.16 Å². The van der Waals surface area contributed by atoms with Gasteiger partial charge < -0.3 is 0 Å². The minimum Gasteiger partial charge on any atom is -0.299 e.